The molecule has 4 atom stereocenters. The summed E-state index contributed by atoms with van der Waals surface area (Å²) >= 11 is 0. The average molecular weight is 232 g/mol. The summed E-state index contributed by atoms with van der Waals surface area (Å²) in [7, 11) is -3.42. The first-order chi connectivity index (χ1) is 6.64. The summed E-state index contributed by atoms with van der Waals surface area (Å²) in [6.45, 7) is 7.92. The number of hydrogen-bond acceptors (Lipinski definition) is 4. The first-order valence-electron chi connectivity index (χ1n) is 5.26. The molecule has 0 saturated carbocycles. The number of fused-ring (bicyclic) bond motifs is 1. The summed E-state index contributed by atoms with van der Waals surface area (Å²) in [5.41, 5.74) is -1.34. The van der Waals surface area contributed by atoms with E-state index in [0.717, 1.165) is 0 Å². The molecule has 3 saturated heterocycles. The zero-order valence-corrected chi connectivity index (χ0v) is 10.2. The zero-order valence-electron chi connectivity index (χ0n) is 9.40. The first kappa shape index (κ1) is 10.1. The maximum Gasteiger partial charge on any atom is 0.273 e. The van der Waals surface area contributed by atoms with E-state index in [0.29, 0.717) is 6.42 Å². The largest absolute Gasteiger partial charge is 0.367 e. The highest BCUT2D eigenvalue weighted by Crippen LogP contribution is 2.67. The molecule has 3 aliphatic rings. The lowest BCUT2D eigenvalue weighted by atomic mass is 9.60. The van der Waals surface area contributed by atoms with Crippen molar-refractivity contribution in [3.63, 3.8) is 0 Å². The maximum atomic E-state index is 11.8. The van der Waals surface area contributed by atoms with Crippen molar-refractivity contribution >= 4 is 10.1 Å². The molecule has 0 aromatic rings. The van der Waals surface area contributed by atoms with Crippen LogP contribution >= 0.6 is 0 Å². The third-order valence-electron chi connectivity index (χ3n) is 5.08. The molecule has 0 radical (unpaired) electrons. The predicted molar refractivity (Wildman–Crippen MR) is 53.9 cm³/mol. The summed E-state index contributed by atoms with van der Waals surface area (Å²) in [5, 5.41) is -0.458. The van der Waals surface area contributed by atoms with Crippen LogP contribution in [-0.4, -0.2) is 31.0 Å². The van der Waals surface area contributed by atoms with E-state index in [-0.39, 0.29) is 17.1 Å². The van der Waals surface area contributed by atoms with Gasteiger partial charge in [-0.3, -0.25) is 4.18 Å². The van der Waals surface area contributed by atoms with Gasteiger partial charge >= 0.3 is 0 Å². The van der Waals surface area contributed by atoms with E-state index in [1.54, 1.807) is 0 Å². The van der Waals surface area contributed by atoms with Crippen LogP contribution in [0.4, 0.5) is 0 Å². The normalized spacial score (nSPS) is 58.7. The second kappa shape index (κ2) is 2.13. The molecular weight excluding hydrogens is 216 g/mol. The molecule has 3 rings (SSSR count). The SMILES string of the molecule is CC12CC3C(O1)C(C)(OS3(=O)=O)C2(C)C. The Morgan fingerprint density at radius 2 is 1.80 bits per heavy atom. The molecule has 0 aromatic heterocycles. The van der Waals surface area contributed by atoms with Gasteiger partial charge in [0.25, 0.3) is 10.1 Å². The lowest BCUT2D eigenvalue weighted by Crippen LogP contribution is -2.54. The monoisotopic (exact) mass is 232 g/mol. The molecule has 2 bridgehead atoms. The summed E-state index contributed by atoms with van der Waals surface area (Å²) in [6, 6.07) is 0. The third-order valence-corrected chi connectivity index (χ3v) is 6.82. The first-order valence-corrected chi connectivity index (χ1v) is 6.73. The van der Waals surface area contributed by atoms with Crippen molar-refractivity contribution < 1.29 is 17.3 Å². The van der Waals surface area contributed by atoms with Crippen LogP contribution in [0.25, 0.3) is 0 Å². The molecule has 3 aliphatic heterocycles. The van der Waals surface area contributed by atoms with Gasteiger partial charge < -0.3 is 4.74 Å². The highest BCUT2D eigenvalue weighted by Gasteiger charge is 2.79. The fourth-order valence-electron chi connectivity index (χ4n) is 3.35. The molecule has 0 aliphatic carbocycles. The summed E-state index contributed by atoms with van der Waals surface area (Å²) in [5.74, 6) is 0. The van der Waals surface area contributed by atoms with Crippen LogP contribution in [0.2, 0.25) is 0 Å². The van der Waals surface area contributed by atoms with E-state index < -0.39 is 21.0 Å². The summed E-state index contributed by atoms with van der Waals surface area (Å²) < 4.78 is 34.9. The lowest BCUT2D eigenvalue weighted by Gasteiger charge is -2.43. The average Bonchev–Trinajstić information content (AvgIpc) is 2.53. The molecule has 0 aromatic carbocycles. The van der Waals surface area contributed by atoms with Gasteiger partial charge in [0.2, 0.25) is 0 Å². The summed E-state index contributed by atoms with van der Waals surface area (Å²) in [6.07, 6.45) is 0.269. The Bertz CT molecular complexity index is 440. The standard InChI is InChI=1S/C10H16O4S/c1-8(2)9(3)5-6-7(13-9)10(8,4)14-15(6,11)12/h6-7H,5H2,1-4H3. The molecule has 0 N–H and O–H groups in total. The lowest BCUT2D eigenvalue weighted by molar-refractivity contribution is -0.0384. The second-order valence-corrected chi connectivity index (χ2v) is 7.58. The minimum atomic E-state index is -3.42. The van der Waals surface area contributed by atoms with Crippen LogP contribution in [-0.2, 0) is 19.0 Å². The maximum absolute atomic E-state index is 11.8. The van der Waals surface area contributed by atoms with Crippen LogP contribution in [0.5, 0.6) is 0 Å². The molecule has 0 spiro atoms. The molecule has 0 amide bonds. The molecule has 4 nitrogen and oxygen atoms in total. The van der Waals surface area contributed by atoms with Crippen LogP contribution in [0, 0.1) is 5.41 Å². The Hall–Kier alpha value is -0.130. The fraction of sp³-hybridized carbons (Fsp3) is 1.00. The smallest absolute Gasteiger partial charge is 0.273 e. The van der Waals surface area contributed by atoms with E-state index in [9.17, 15) is 8.42 Å². The molecule has 3 fully saturated rings. The van der Waals surface area contributed by atoms with Crippen molar-refractivity contribution in [2.75, 3.05) is 0 Å². The number of ether oxygens (including phenoxy) is 1. The molecule has 4 unspecified atom stereocenters. The van der Waals surface area contributed by atoms with Gasteiger partial charge in [0.15, 0.2) is 0 Å². The quantitative estimate of drug-likeness (QED) is 0.586. The van der Waals surface area contributed by atoms with E-state index in [1.165, 1.54) is 0 Å². The van der Waals surface area contributed by atoms with Crippen molar-refractivity contribution in [3.8, 4) is 0 Å². The summed E-state index contributed by atoms with van der Waals surface area (Å²) in [4.78, 5) is 0. The molecule has 3 heterocycles. The predicted octanol–water partition coefficient (Wildman–Crippen LogP) is 1.06. The molecular formula is C10H16O4S. The van der Waals surface area contributed by atoms with E-state index in [4.69, 9.17) is 8.92 Å². The molecule has 15 heavy (non-hydrogen) atoms. The van der Waals surface area contributed by atoms with Crippen molar-refractivity contribution in [2.24, 2.45) is 5.41 Å². The van der Waals surface area contributed by atoms with Gasteiger partial charge in [-0.25, -0.2) is 0 Å². The zero-order chi connectivity index (χ0) is 11.3. The highest BCUT2D eigenvalue weighted by atomic mass is 32.2. The van der Waals surface area contributed by atoms with Gasteiger partial charge in [-0.15, -0.1) is 0 Å². The minimum Gasteiger partial charge on any atom is -0.367 e. The van der Waals surface area contributed by atoms with Crippen LogP contribution in [0.3, 0.4) is 0 Å². The van der Waals surface area contributed by atoms with Crippen LogP contribution in [0.1, 0.15) is 34.1 Å². The van der Waals surface area contributed by atoms with Gasteiger partial charge in [0.05, 0.1) is 5.60 Å². The van der Waals surface area contributed by atoms with Crippen LogP contribution < -0.4 is 0 Å². The van der Waals surface area contributed by atoms with Gasteiger partial charge in [-0.2, -0.15) is 8.42 Å². The Balaban J connectivity index is 2.26. The fourth-order valence-corrected chi connectivity index (χ4v) is 5.40. The van der Waals surface area contributed by atoms with Gasteiger partial charge in [-0.05, 0) is 20.3 Å². The van der Waals surface area contributed by atoms with Gasteiger partial charge in [0.1, 0.15) is 17.0 Å². The minimum absolute atomic E-state index is 0.273. The second-order valence-electron chi connectivity index (χ2n) is 5.82. The topological polar surface area (TPSA) is 52.6 Å². The van der Waals surface area contributed by atoms with Gasteiger partial charge in [-0.1, -0.05) is 13.8 Å². The van der Waals surface area contributed by atoms with Crippen molar-refractivity contribution in [3.05, 3.63) is 0 Å². The van der Waals surface area contributed by atoms with E-state index in [2.05, 4.69) is 0 Å². The van der Waals surface area contributed by atoms with Crippen molar-refractivity contribution in [1.29, 1.82) is 0 Å². The number of hydrogen-bond donors (Lipinski definition) is 0. The Morgan fingerprint density at radius 1 is 1.20 bits per heavy atom. The highest BCUT2D eigenvalue weighted by molar-refractivity contribution is 7.87. The van der Waals surface area contributed by atoms with Crippen molar-refractivity contribution in [2.45, 2.75) is 56.7 Å². The van der Waals surface area contributed by atoms with E-state index >= 15 is 0 Å². The molecule has 86 valence electrons. The Morgan fingerprint density at radius 3 is 2.27 bits per heavy atom. The number of rotatable bonds is 0. The van der Waals surface area contributed by atoms with Crippen LogP contribution in [0.15, 0.2) is 0 Å². The van der Waals surface area contributed by atoms with Crippen molar-refractivity contribution in [1.82, 2.24) is 0 Å². The third kappa shape index (κ3) is 0.786. The van der Waals surface area contributed by atoms with Gasteiger partial charge in [0, 0.05) is 5.41 Å². The Kier molecular flexibility index (Phi) is 1.42. The molecule has 5 heteroatoms. The Labute approximate surface area is 90.1 Å². The van der Waals surface area contributed by atoms with E-state index in [1.807, 2.05) is 27.7 Å².